The molecule has 0 heterocycles. The van der Waals surface area contributed by atoms with E-state index < -0.39 is 11.7 Å². The highest BCUT2D eigenvalue weighted by molar-refractivity contribution is 5.97. The largest absolute Gasteiger partial charge is 0.497 e. The standard InChI is InChI=1S/C21H17F3O/c1-25-18-10-6-14(7-11-18)20-16-3-2-15(12-16)19(20)13-4-8-17(9-5-13)21(22,23)24/h2-11,15-16H,12H2,1H3. The summed E-state index contributed by atoms with van der Waals surface area (Å²) in [5.41, 5.74) is 3.73. The smallest absolute Gasteiger partial charge is 0.416 e. The molecule has 2 aromatic carbocycles. The van der Waals surface area contributed by atoms with Gasteiger partial charge in [-0.2, -0.15) is 13.2 Å². The number of ether oxygens (including phenoxy) is 1. The van der Waals surface area contributed by atoms with E-state index in [1.165, 1.54) is 17.7 Å². The number of allylic oxidation sites excluding steroid dienone is 4. The monoisotopic (exact) mass is 342 g/mol. The van der Waals surface area contributed by atoms with Crippen molar-refractivity contribution in [2.24, 2.45) is 11.8 Å². The second kappa shape index (κ2) is 5.80. The summed E-state index contributed by atoms with van der Waals surface area (Å²) in [6.07, 6.45) is 1.07. The highest BCUT2D eigenvalue weighted by Crippen LogP contribution is 2.52. The Balaban J connectivity index is 1.77. The fraction of sp³-hybridized carbons (Fsp3) is 0.238. The van der Waals surface area contributed by atoms with Crippen LogP contribution in [0.5, 0.6) is 5.75 Å². The van der Waals surface area contributed by atoms with Crippen molar-refractivity contribution in [2.45, 2.75) is 12.6 Å². The average Bonchev–Trinajstić information content (AvgIpc) is 3.22. The Bertz CT molecular complexity index is 842. The van der Waals surface area contributed by atoms with Crippen molar-refractivity contribution in [3.8, 4) is 5.75 Å². The minimum Gasteiger partial charge on any atom is -0.497 e. The molecule has 25 heavy (non-hydrogen) atoms. The summed E-state index contributed by atoms with van der Waals surface area (Å²) in [6.45, 7) is 0. The molecule has 0 N–H and O–H groups in total. The van der Waals surface area contributed by atoms with E-state index >= 15 is 0 Å². The molecule has 0 spiro atoms. The van der Waals surface area contributed by atoms with Gasteiger partial charge in [-0.15, -0.1) is 0 Å². The van der Waals surface area contributed by atoms with Crippen LogP contribution in [0.1, 0.15) is 23.1 Å². The fourth-order valence-electron chi connectivity index (χ4n) is 3.88. The molecule has 0 saturated carbocycles. The van der Waals surface area contributed by atoms with Gasteiger partial charge in [0, 0.05) is 11.8 Å². The molecule has 0 amide bonds. The summed E-state index contributed by atoms with van der Waals surface area (Å²) in [7, 11) is 1.63. The van der Waals surface area contributed by atoms with Gasteiger partial charge in [0.15, 0.2) is 0 Å². The Hall–Kier alpha value is -2.49. The highest BCUT2D eigenvalue weighted by atomic mass is 19.4. The van der Waals surface area contributed by atoms with Crippen LogP contribution in [0.25, 0.3) is 11.1 Å². The second-order valence-corrected chi connectivity index (χ2v) is 6.46. The molecule has 2 aliphatic carbocycles. The molecule has 2 atom stereocenters. The molecule has 0 aliphatic heterocycles. The average molecular weight is 342 g/mol. The van der Waals surface area contributed by atoms with Crippen LogP contribution in [0.4, 0.5) is 13.2 Å². The molecule has 2 bridgehead atoms. The van der Waals surface area contributed by atoms with Crippen molar-refractivity contribution < 1.29 is 17.9 Å². The van der Waals surface area contributed by atoms with Crippen LogP contribution in [0.2, 0.25) is 0 Å². The normalized spacial score (nSPS) is 21.9. The molecule has 2 aliphatic rings. The van der Waals surface area contributed by atoms with Crippen molar-refractivity contribution in [2.75, 3.05) is 7.11 Å². The molecule has 2 aromatic rings. The van der Waals surface area contributed by atoms with E-state index in [2.05, 4.69) is 12.2 Å². The maximum atomic E-state index is 12.8. The lowest BCUT2D eigenvalue weighted by molar-refractivity contribution is -0.137. The van der Waals surface area contributed by atoms with Gasteiger partial charge in [0.2, 0.25) is 0 Å². The Morgan fingerprint density at radius 3 is 1.72 bits per heavy atom. The molecule has 0 saturated heterocycles. The maximum absolute atomic E-state index is 12.8. The number of hydrogen-bond acceptors (Lipinski definition) is 1. The van der Waals surface area contributed by atoms with E-state index in [0.717, 1.165) is 28.9 Å². The molecule has 2 unspecified atom stereocenters. The van der Waals surface area contributed by atoms with Crippen molar-refractivity contribution in [1.82, 2.24) is 0 Å². The molecule has 0 fully saturated rings. The van der Waals surface area contributed by atoms with Gasteiger partial charge in [0.05, 0.1) is 12.7 Å². The van der Waals surface area contributed by atoms with Crippen molar-refractivity contribution in [1.29, 1.82) is 0 Å². The van der Waals surface area contributed by atoms with Gasteiger partial charge in [0.1, 0.15) is 5.75 Å². The van der Waals surface area contributed by atoms with Gasteiger partial charge in [-0.1, -0.05) is 36.4 Å². The number of methoxy groups -OCH3 is 1. The Kier molecular flexibility index (Phi) is 3.71. The van der Waals surface area contributed by atoms with Gasteiger partial charge in [-0.3, -0.25) is 0 Å². The van der Waals surface area contributed by atoms with E-state index in [-0.39, 0.29) is 5.92 Å². The Morgan fingerprint density at radius 2 is 1.28 bits per heavy atom. The van der Waals surface area contributed by atoms with Gasteiger partial charge >= 0.3 is 6.18 Å². The van der Waals surface area contributed by atoms with Crippen LogP contribution >= 0.6 is 0 Å². The van der Waals surface area contributed by atoms with Gasteiger partial charge in [0.25, 0.3) is 0 Å². The van der Waals surface area contributed by atoms with Crippen LogP contribution in [0.15, 0.2) is 60.7 Å². The van der Waals surface area contributed by atoms with E-state index in [1.54, 1.807) is 19.2 Å². The number of rotatable bonds is 3. The first-order valence-electron chi connectivity index (χ1n) is 8.22. The molecular formula is C21H17F3O. The van der Waals surface area contributed by atoms with E-state index in [0.29, 0.717) is 5.92 Å². The molecule has 0 aromatic heterocycles. The first kappa shape index (κ1) is 16.0. The third kappa shape index (κ3) is 2.76. The molecular weight excluding hydrogens is 325 g/mol. The van der Waals surface area contributed by atoms with Crippen LogP contribution < -0.4 is 4.74 Å². The number of benzene rings is 2. The maximum Gasteiger partial charge on any atom is 0.416 e. The first-order chi connectivity index (χ1) is 12.0. The molecule has 4 rings (SSSR count). The van der Waals surface area contributed by atoms with Crippen LogP contribution in [-0.2, 0) is 6.18 Å². The predicted octanol–water partition coefficient (Wildman–Crippen LogP) is 5.83. The van der Waals surface area contributed by atoms with Crippen molar-refractivity contribution in [3.05, 3.63) is 77.4 Å². The molecule has 1 nitrogen and oxygen atoms in total. The van der Waals surface area contributed by atoms with E-state index in [4.69, 9.17) is 4.74 Å². The summed E-state index contributed by atoms with van der Waals surface area (Å²) >= 11 is 0. The Morgan fingerprint density at radius 1 is 0.800 bits per heavy atom. The summed E-state index contributed by atoms with van der Waals surface area (Å²) in [4.78, 5) is 0. The van der Waals surface area contributed by atoms with Crippen LogP contribution in [-0.4, -0.2) is 7.11 Å². The summed E-state index contributed by atoms with van der Waals surface area (Å²) in [5, 5.41) is 0. The zero-order valence-electron chi connectivity index (χ0n) is 13.7. The van der Waals surface area contributed by atoms with E-state index in [1.807, 2.05) is 24.3 Å². The highest BCUT2D eigenvalue weighted by Gasteiger charge is 2.37. The van der Waals surface area contributed by atoms with Crippen LogP contribution in [0.3, 0.4) is 0 Å². The van der Waals surface area contributed by atoms with Crippen LogP contribution in [0, 0.1) is 11.8 Å². The molecule has 4 heteroatoms. The van der Waals surface area contributed by atoms with Crippen molar-refractivity contribution in [3.63, 3.8) is 0 Å². The summed E-state index contributed by atoms with van der Waals surface area (Å²) < 4.78 is 43.7. The molecule has 128 valence electrons. The fourth-order valence-corrected chi connectivity index (χ4v) is 3.88. The topological polar surface area (TPSA) is 9.23 Å². The quantitative estimate of drug-likeness (QED) is 0.638. The number of alkyl halides is 3. The second-order valence-electron chi connectivity index (χ2n) is 6.46. The van der Waals surface area contributed by atoms with Crippen molar-refractivity contribution >= 4 is 11.1 Å². The lowest BCUT2D eigenvalue weighted by Gasteiger charge is -2.18. The van der Waals surface area contributed by atoms with Gasteiger partial charge in [-0.25, -0.2) is 0 Å². The number of fused-ring (bicyclic) bond motifs is 2. The van der Waals surface area contributed by atoms with E-state index in [9.17, 15) is 13.2 Å². The minimum atomic E-state index is -4.31. The summed E-state index contributed by atoms with van der Waals surface area (Å²) in [6, 6.07) is 13.4. The number of hydrogen-bond donors (Lipinski definition) is 0. The zero-order valence-corrected chi connectivity index (χ0v) is 13.7. The number of halogens is 3. The zero-order chi connectivity index (χ0) is 17.6. The Labute approximate surface area is 144 Å². The third-order valence-corrected chi connectivity index (χ3v) is 5.04. The third-order valence-electron chi connectivity index (χ3n) is 5.04. The lowest BCUT2D eigenvalue weighted by Crippen LogP contribution is -2.05. The van der Waals surface area contributed by atoms with Gasteiger partial charge in [-0.05, 0) is 53.0 Å². The lowest BCUT2D eigenvalue weighted by atomic mass is 9.87. The van der Waals surface area contributed by atoms with Gasteiger partial charge < -0.3 is 4.74 Å². The molecule has 0 radical (unpaired) electrons. The summed E-state index contributed by atoms with van der Waals surface area (Å²) in [5.74, 6) is 1.40. The predicted molar refractivity (Wildman–Crippen MR) is 92.0 cm³/mol. The minimum absolute atomic E-state index is 0.277. The first-order valence-corrected chi connectivity index (χ1v) is 8.22. The SMILES string of the molecule is COc1ccc(C2=C(c3ccc(C(F)(F)F)cc3)C3C=CC2C3)cc1.